The lowest BCUT2D eigenvalue weighted by Gasteiger charge is -2.08. The molecule has 3 N–H and O–H groups in total. The van der Waals surface area contributed by atoms with Crippen LogP contribution in [0.15, 0.2) is 29.8 Å². The number of aromatic nitrogens is 1. The molecule has 104 valence electrons. The number of amides is 2. The molecule has 0 aliphatic carbocycles. The van der Waals surface area contributed by atoms with Crippen LogP contribution >= 0.6 is 11.3 Å². The van der Waals surface area contributed by atoms with E-state index in [2.05, 4.69) is 10.3 Å². The molecule has 6 nitrogen and oxygen atoms in total. The second kappa shape index (κ2) is 6.16. The maximum Gasteiger partial charge on any atom is 0.261 e. The van der Waals surface area contributed by atoms with Crippen LogP contribution in [-0.2, 0) is 0 Å². The molecule has 7 heteroatoms. The van der Waals surface area contributed by atoms with E-state index in [4.69, 9.17) is 10.5 Å². The minimum absolute atomic E-state index is 0.254. The first-order chi connectivity index (χ1) is 9.63. The van der Waals surface area contributed by atoms with Crippen molar-refractivity contribution in [2.75, 3.05) is 11.9 Å². The minimum Gasteiger partial charge on any atom is -0.477 e. The number of carbonyl (C=O) groups is 2. The second-order valence-electron chi connectivity index (χ2n) is 3.77. The van der Waals surface area contributed by atoms with E-state index in [0.29, 0.717) is 17.2 Å². The number of hydrogen-bond donors (Lipinski definition) is 2. The molecule has 2 amide bonds. The molecule has 0 atom stereocenters. The third kappa shape index (κ3) is 2.94. The Morgan fingerprint density at radius 1 is 1.40 bits per heavy atom. The summed E-state index contributed by atoms with van der Waals surface area (Å²) < 4.78 is 5.29. The molecule has 2 heterocycles. The Labute approximate surface area is 119 Å². The number of nitrogens with zero attached hydrogens (tertiary/aromatic N) is 1. The zero-order valence-corrected chi connectivity index (χ0v) is 11.6. The van der Waals surface area contributed by atoms with Gasteiger partial charge in [-0.2, -0.15) is 0 Å². The molecule has 2 aromatic heterocycles. The van der Waals surface area contributed by atoms with Gasteiger partial charge in [0, 0.05) is 6.20 Å². The highest BCUT2D eigenvalue weighted by atomic mass is 32.1. The van der Waals surface area contributed by atoms with Gasteiger partial charge in [-0.15, -0.1) is 11.3 Å². The molecule has 0 bridgehead atoms. The van der Waals surface area contributed by atoms with Crippen molar-refractivity contribution >= 4 is 28.2 Å². The standard InChI is InChI=1S/C13H13N3O3S/c1-2-19-12-9(4-3-6-15-12)11(18)16-13-8(10(14)17)5-7-20-13/h3-7H,2H2,1H3,(H2,14,17)(H,16,18). The van der Waals surface area contributed by atoms with Gasteiger partial charge in [-0.1, -0.05) is 0 Å². The third-order valence-electron chi connectivity index (χ3n) is 2.45. The first-order valence-electron chi connectivity index (χ1n) is 5.90. The molecule has 0 aliphatic heterocycles. The van der Waals surface area contributed by atoms with Crippen LogP contribution in [0.2, 0.25) is 0 Å². The van der Waals surface area contributed by atoms with Gasteiger partial charge in [0.25, 0.3) is 11.8 Å². The third-order valence-corrected chi connectivity index (χ3v) is 3.28. The largest absolute Gasteiger partial charge is 0.477 e. The summed E-state index contributed by atoms with van der Waals surface area (Å²) in [5.41, 5.74) is 5.82. The Morgan fingerprint density at radius 2 is 2.20 bits per heavy atom. The lowest BCUT2D eigenvalue weighted by Crippen LogP contribution is -2.17. The summed E-state index contributed by atoms with van der Waals surface area (Å²) in [6.45, 7) is 2.21. The maximum absolute atomic E-state index is 12.2. The van der Waals surface area contributed by atoms with Crippen molar-refractivity contribution in [1.29, 1.82) is 0 Å². The molecule has 0 spiro atoms. The fourth-order valence-corrected chi connectivity index (χ4v) is 2.37. The van der Waals surface area contributed by atoms with Crippen molar-refractivity contribution in [3.05, 3.63) is 40.9 Å². The number of thiophene rings is 1. The molecule has 0 unspecified atom stereocenters. The molecule has 2 aromatic rings. The van der Waals surface area contributed by atoms with Crippen LogP contribution in [0.3, 0.4) is 0 Å². The molecule has 0 saturated carbocycles. The van der Waals surface area contributed by atoms with Gasteiger partial charge in [-0.25, -0.2) is 4.98 Å². The average molecular weight is 291 g/mol. The zero-order chi connectivity index (χ0) is 14.5. The minimum atomic E-state index is -0.585. The van der Waals surface area contributed by atoms with Gasteiger partial charge in [0.15, 0.2) is 0 Å². The molecule has 0 aliphatic rings. The molecule has 0 aromatic carbocycles. The number of carbonyl (C=O) groups excluding carboxylic acids is 2. The molecular weight excluding hydrogens is 278 g/mol. The summed E-state index contributed by atoms with van der Waals surface area (Å²) in [5, 5.41) is 4.74. The molecule has 2 rings (SSSR count). The maximum atomic E-state index is 12.2. The van der Waals surface area contributed by atoms with Crippen LogP contribution in [0.5, 0.6) is 5.88 Å². The van der Waals surface area contributed by atoms with Crippen molar-refractivity contribution in [3.8, 4) is 5.88 Å². The Bertz CT molecular complexity index is 639. The number of rotatable bonds is 5. The van der Waals surface area contributed by atoms with Crippen LogP contribution in [0.4, 0.5) is 5.00 Å². The Morgan fingerprint density at radius 3 is 2.90 bits per heavy atom. The normalized spacial score (nSPS) is 10.1. The molecule has 0 saturated heterocycles. The first-order valence-corrected chi connectivity index (χ1v) is 6.78. The summed E-state index contributed by atoms with van der Waals surface area (Å²) in [6.07, 6.45) is 1.54. The highest BCUT2D eigenvalue weighted by Crippen LogP contribution is 2.24. The lowest BCUT2D eigenvalue weighted by atomic mass is 10.2. The van der Waals surface area contributed by atoms with Gasteiger partial charge >= 0.3 is 0 Å². The van der Waals surface area contributed by atoms with Gasteiger partial charge in [-0.3, -0.25) is 9.59 Å². The average Bonchev–Trinajstić information content (AvgIpc) is 2.88. The highest BCUT2D eigenvalue weighted by molar-refractivity contribution is 7.14. The zero-order valence-electron chi connectivity index (χ0n) is 10.8. The number of nitrogens with two attached hydrogens (primary N) is 1. The molecule has 0 fully saturated rings. The van der Waals surface area contributed by atoms with Gasteiger partial charge in [0.05, 0.1) is 12.2 Å². The fourth-order valence-electron chi connectivity index (χ4n) is 1.59. The van der Waals surface area contributed by atoms with Crippen molar-refractivity contribution in [1.82, 2.24) is 4.98 Å². The number of ether oxygens (including phenoxy) is 1. The summed E-state index contributed by atoms with van der Waals surface area (Å²) in [7, 11) is 0. The van der Waals surface area contributed by atoms with Crippen LogP contribution in [-0.4, -0.2) is 23.4 Å². The van der Waals surface area contributed by atoms with Gasteiger partial charge in [0.2, 0.25) is 5.88 Å². The first kappa shape index (κ1) is 14.0. The van der Waals surface area contributed by atoms with Crippen molar-refractivity contribution in [3.63, 3.8) is 0 Å². The summed E-state index contributed by atoms with van der Waals surface area (Å²) in [5.74, 6) is -0.728. The summed E-state index contributed by atoms with van der Waals surface area (Å²) in [4.78, 5) is 27.4. The van der Waals surface area contributed by atoms with Gasteiger partial charge in [-0.05, 0) is 30.5 Å². The van der Waals surface area contributed by atoms with E-state index < -0.39 is 11.8 Å². The second-order valence-corrected chi connectivity index (χ2v) is 4.69. The molecule has 0 radical (unpaired) electrons. The smallest absolute Gasteiger partial charge is 0.261 e. The van der Waals surface area contributed by atoms with Crippen molar-refractivity contribution in [2.45, 2.75) is 6.92 Å². The van der Waals surface area contributed by atoms with E-state index in [9.17, 15) is 9.59 Å². The monoisotopic (exact) mass is 291 g/mol. The Kier molecular flexibility index (Phi) is 4.31. The lowest BCUT2D eigenvalue weighted by molar-refractivity contribution is 0.100. The number of hydrogen-bond acceptors (Lipinski definition) is 5. The number of nitrogens with one attached hydrogen (secondary N) is 1. The van der Waals surface area contributed by atoms with Gasteiger partial charge in [0.1, 0.15) is 10.6 Å². The van der Waals surface area contributed by atoms with E-state index in [0.717, 1.165) is 0 Å². The van der Waals surface area contributed by atoms with Crippen LogP contribution in [0, 0.1) is 0 Å². The molecule has 20 heavy (non-hydrogen) atoms. The predicted octanol–water partition coefficient (Wildman–Crippen LogP) is 1.89. The SMILES string of the molecule is CCOc1ncccc1C(=O)Nc1sccc1C(N)=O. The van der Waals surface area contributed by atoms with E-state index in [1.165, 1.54) is 11.3 Å². The van der Waals surface area contributed by atoms with Crippen molar-refractivity contribution in [2.24, 2.45) is 5.73 Å². The van der Waals surface area contributed by atoms with E-state index in [1.807, 2.05) is 0 Å². The quantitative estimate of drug-likeness (QED) is 0.879. The summed E-state index contributed by atoms with van der Waals surface area (Å²) in [6, 6.07) is 4.81. The van der Waals surface area contributed by atoms with Crippen LogP contribution < -0.4 is 15.8 Å². The van der Waals surface area contributed by atoms with E-state index in [-0.39, 0.29) is 11.4 Å². The van der Waals surface area contributed by atoms with Crippen LogP contribution in [0.25, 0.3) is 0 Å². The highest BCUT2D eigenvalue weighted by Gasteiger charge is 2.17. The predicted molar refractivity (Wildman–Crippen MR) is 76.2 cm³/mol. The Hall–Kier alpha value is -2.41. The van der Waals surface area contributed by atoms with Crippen LogP contribution in [0.1, 0.15) is 27.6 Å². The molecular formula is C13H13N3O3S. The number of pyridine rings is 1. The Balaban J connectivity index is 2.24. The van der Waals surface area contributed by atoms with Gasteiger partial charge < -0.3 is 15.8 Å². The fraction of sp³-hybridized carbons (Fsp3) is 0.154. The summed E-state index contributed by atoms with van der Waals surface area (Å²) >= 11 is 1.23. The van der Waals surface area contributed by atoms with E-state index >= 15 is 0 Å². The van der Waals surface area contributed by atoms with Crippen molar-refractivity contribution < 1.29 is 14.3 Å². The number of primary amides is 1. The topological polar surface area (TPSA) is 94.3 Å². The van der Waals surface area contributed by atoms with E-state index in [1.54, 1.807) is 36.7 Å². The number of anilines is 1.